The molecule has 0 amide bonds. The van der Waals surface area contributed by atoms with Gasteiger partial charge in [0.05, 0.1) is 18.1 Å². The van der Waals surface area contributed by atoms with E-state index in [1.807, 2.05) is 6.07 Å². The van der Waals surface area contributed by atoms with Crippen LogP contribution in [0.2, 0.25) is 5.22 Å². The summed E-state index contributed by atoms with van der Waals surface area (Å²) in [4.78, 5) is 8.04. The molecule has 78 valence electrons. The van der Waals surface area contributed by atoms with Crippen molar-refractivity contribution in [2.24, 2.45) is 0 Å². The lowest BCUT2D eigenvalue weighted by Gasteiger charge is -1.97. The van der Waals surface area contributed by atoms with E-state index in [4.69, 9.17) is 21.8 Å². The van der Waals surface area contributed by atoms with Crippen LogP contribution in [0.5, 0.6) is 0 Å². The molecule has 15 heavy (non-hydrogen) atoms. The lowest BCUT2D eigenvalue weighted by Crippen LogP contribution is -1.91. The first-order valence-electron chi connectivity index (χ1n) is 4.18. The third-order valence-corrected chi connectivity index (χ3v) is 2.78. The molecule has 6 heteroatoms. The third-order valence-electron chi connectivity index (χ3n) is 1.64. The number of anilines is 1. The second kappa shape index (κ2) is 4.55. The maximum absolute atomic E-state index is 5.64. The number of rotatable bonds is 3. The standard InChI is InChI=1S/C9H8ClN3OS/c10-7-2-1-6(14-7)5-15-9-4-12-8(11)3-13-9/h1-4H,5H2,(H2,11,12). The first-order chi connectivity index (χ1) is 7.24. The van der Waals surface area contributed by atoms with Gasteiger partial charge in [0.1, 0.15) is 16.6 Å². The number of thioether (sulfide) groups is 1. The summed E-state index contributed by atoms with van der Waals surface area (Å²) in [6.45, 7) is 0. The van der Waals surface area contributed by atoms with Crippen LogP contribution in [0.4, 0.5) is 5.82 Å². The Bertz CT molecular complexity index is 443. The fourth-order valence-electron chi connectivity index (χ4n) is 0.975. The molecule has 0 bridgehead atoms. The van der Waals surface area contributed by atoms with Crippen LogP contribution in [0.15, 0.2) is 34.0 Å². The van der Waals surface area contributed by atoms with E-state index in [1.165, 1.54) is 18.0 Å². The van der Waals surface area contributed by atoms with Crippen molar-refractivity contribution in [1.29, 1.82) is 0 Å². The molecule has 0 atom stereocenters. The fraction of sp³-hybridized carbons (Fsp3) is 0.111. The number of halogens is 1. The van der Waals surface area contributed by atoms with E-state index in [0.29, 0.717) is 16.8 Å². The first kappa shape index (κ1) is 10.3. The molecule has 2 aromatic rings. The lowest BCUT2D eigenvalue weighted by molar-refractivity contribution is 0.532. The van der Waals surface area contributed by atoms with Crippen LogP contribution in [-0.2, 0) is 5.75 Å². The summed E-state index contributed by atoms with van der Waals surface area (Å²) >= 11 is 7.16. The second-order valence-corrected chi connectivity index (χ2v) is 4.14. The van der Waals surface area contributed by atoms with Crippen LogP contribution in [0.25, 0.3) is 0 Å². The predicted octanol–water partition coefficient (Wildman–Crippen LogP) is 2.60. The molecule has 2 N–H and O–H groups in total. The number of aromatic nitrogens is 2. The van der Waals surface area contributed by atoms with E-state index in [0.717, 1.165) is 10.8 Å². The third kappa shape index (κ3) is 2.87. The Morgan fingerprint density at radius 1 is 1.33 bits per heavy atom. The number of nitrogen functional groups attached to an aromatic ring is 1. The zero-order chi connectivity index (χ0) is 10.7. The summed E-state index contributed by atoms with van der Waals surface area (Å²) in [7, 11) is 0. The minimum absolute atomic E-state index is 0.397. The normalized spacial score (nSPS) is 10.5. The molecular formula is C9H8ClN3OS. The molecule has 2 aromatic heterocycles. The first-order valence-corrected chi connectivity index (χ1v) is 5.55. The Morgan fingerprint density at radius 3 is 2.80 bits per heavy atom. The van der Waals surface area contributed by atoms with Crippen molar-refractivity contribution in [3.63, 3.8) is 0 Å². The number of hydrogen-bond acceptors (Lipinski definition) is 5. The largest absolute Gasteiger partial charge is 0.449 e. The van der Waals surface area contributed by atoms with Gasteiger partial charge in [-0.1, -0.05) is 11.8 Å². The van der Waals surface area contributed by atoms with Crippen LogP contribution in [-0.4, -0.2) is 9.97 Å². The van der Waals surface area contributed by atoms with E-state index in [9.17, 15) is 0 Å². The van der Waals surface area contributed by atoms with Gasteiger partial charge in [0.15, 0.2) is 5.22 Å². The topological polar surface area (TPSA) is 64.9 Å². The van der Waals surface area contributed by atoms with Crippen molar-refractivity contribution in [3.05, 3.63) is 35.5 Å². The maximum Gasteiger partial charge on any atom is 0.193 e. The zero-order valence-corrected chi connectivity index (χ0v) is 9.26. The van der Waals surface area contributed by atoms with Crippen LogP contribution in [0.3, 0.4) is 0 Å². The van der Waals surface area contributed by atoms with E-state index in [2.05, 4.69) is 9.97 Å². The van der Waals surface area contributed by atoms with E-state index < -0.39 is 0 Å². The van der Waals surface area contributed by atoms with Crippen molar-refractivity contribution in [2.75, 3.05) is 5.73 Å². The SMILES string of the molecule is Nc1cnc(SCc2ccc(Cl)o2)cn1. The van der Waals surface area contributed by atoms with Gasteiger partial charge in [-0.2, -0.15) is 0 Å². The lowest BCUT2D eigenvalue weighted by atomic mass is 10.5. The van der Waals surface area contributed by atoms with Gasteiger partial charge in [0.2, 0.25) is 0 Å². The van der Waals surface area contributed by atoms with Gasteiger partial charge in [-0.3, -0.25) is 0 Å². The molecule has 0 aromatic carbocycles. The number of nitrogens with zero attached hydrogens (tertiary/aromatic N) is 2. The number of furan rings is 1. The molecule has 0 saturated carbocycles. The molecule has 0 fully saturated rings. The predicted molar refractivity (Wildman–Crippen MR) is 59.7 cm³/mol. The summed E-state index contributed by atoms with van der Waals surface area (Å²) in [5.74, 6) is 1.90. The summed E-state index contributed by atoms with van der Waals surface area (Å²) in [6, 6.07) is 3.55. The van der Waals surface area contributed by atoms with Crippen molar-refractivity contribution in [2.45, 2.75) is 10.8 Å². The van der Waals surface area contributed by atoms with E-state index in [-0.39, 0.29) is 0 Å². The Kier molecular flexibility index (Phi) is 3.13. The Morgan fingerprint density at radius 2 is 2.20 bits per heavy atom. The highest BCUT2D eigenvalue weighted by Gasteiger charge is 2.02. The molecule has 0 aliphatic rings. The average molecular weight is 242 g/mol. The van der Waals surface area contributed by atoms with Crippen molar-refractivity contribution < 1.29 is 4.42 Å². The molecule has 0 aliphatic heterocycles. The molecule has 0 aliphatic carbocycles. The van der Waals surface area contributed by atoms with Gasteiger partial charge in [-0.15, -0.1) is 0 Å². The quantitative estimate of drug-likeness (QED) is 0.837. The van der Waals surface area contributed by atoms with Crippen LogP contribution in [0.1, 0.15) is 5.76 Å². The molecular weight excluding hydrogens is 234 g/mol. The molecule has 0 spiro atoms. The number of hydrogen-bond donors (Lipinski definition) is 1. The number of nitrogens with two attached hydrogens (primary N) is 1. The minimum atomic E-state index is 0.397. The van der Waals surface area contributed by atoms with Gasteiger partial charge < -0.3 is 10.2 Å². The summed E-state index contributed by atoms with van der Waals surface area (Å²) in [6.07, 6.45) is 3.15. The Balaban J connectivity index is 1.96. The monoisotopic (exact) mass is 241 g/mol. The molecule has 0 saturated heterocycles. The molecule has 2 rings (SSSR count). The summed E-state index contributed by atoms with van der Waals surface area (Å²) in [5.41, 5.74) is 5.42. The van der Waals surface area contributed by atoms with E-state index in [1.54, 1.807) is 12.3 Å². The Labute approximate surface area is 95.9 Å². The van der Waals surface area contributed by atoms with E-state index >= 15 is 0 Å². The zero-order valence-electron chi connectivity index (χ0n) is 7.68. The average Bonchev–Trinajstić information content (AvgIpc) is 2.64. The highest BCUT2D eigenvalue weighted by atomic mass is 35.5. The molecule has 0 radical (unpaired) electrons. The van der Waals surface area contributed by atoms with Gasteiger partial charge in [0, 0.05) is 0 Å². The minimum Gasteiger partial charge on any atom is -0.449 e. The molecule has 0 unspecified atom stereocenters. The van der Waals surface area contributed by atoms with Crippen molar-refractivity contribution in [1.82, 2.24) is 9.97 Å². The molecule has 2 heterocycles. The Hall–Kier alpha value is -1.20. The molecule has 4 nitrogen and oxygen atoms in total. The van der Waals surface area contributed by atoms with Gasteiger partial charge in [0.25, 0.3) is 0 Å². The fourth-order valence-corrected chi connectivity index (χ4v) is 1.84. The summed E-state index contributed by atoms with van der Waals surface area (Å²) < 4.78 is 5.20. The highest BCUT2D eigenvalue weighted by molar-refractivity contribution is 7.98. The highest BCUT2D eigenvalue weighted by Crippen LogP contribution is 2.23. The van der Waals surface area contributed by atoms with Gasteiger partial charge in [-0.05, 0) is 23.7 Å². The van der Waals surface area contributed by atoms with Crippen LogP contribution in [0, 0.1) is 0 Å². The van der Waals surface area contributed by atoms with Gasteiger partial charge in [-0.25, -0.2) is 9.97 Å². The van der Waals surface area contributed by atoms with Crippen molar-refractivity contribution in [3.8, 4) is 0 Å². The van der Waals surface area contributed by atoms with Crippen LogP contribution >= 0.6 is 23.4 Å². The van der Waals surface area contributed by atoms with Crippen LogP contribution < -0.4 is 5.73 Å². The maximum atomic E-state index is 5.64. The summed E-state index contributed by atoms with van der Waals surface area (Å²) in [5, 5.41) is 1.20. The van der Waals surface area contributed by atoms with Gasteiger partial charge >= 0.3 is 0 Å². The second-order valence-electron chi connectivity index (χ2n) is 2.77. The van der Waals surface area contributed by atoms with Crippen molar-refractivity contribution >= 4 is 29.2 Å². The smallest absolute Gasteiger partial charge is 0.193 e.